The van der Waals surface area contributed by atoms with Gasteiger partial charge in [0.1, 0.15) is 5.75 Å². The van der Waals surface area contributed by atoms with Gasteiger partial charge in [-0.1, -0.05) is 0 Å². The van der Waals surface area contributed by atoms with Crippen LogP contribution in [-0.4, -0.2) is 16.3 Å². The first-order valence-electron chi connectivity index (χ1n) is 5.20. The highest BCUT2D eigenvalue weighted by Gasteiger charge is 2.07. The van der Waals surface area contributed by atoms with Gasteiger partial charge in [-0.25, -0.2) is 0 Å². The largest absolute Gasteiger partial charge is 0.491 e. The van der Waals surface area contributed by atoms with Crippen molar-refractivity contribution in [3.05, 3.63) is 30.2 Å². The van der Waals surface area contributed by atoms with Crippen molar-refractivity contribution < 1.29 is 9.15 Å². The van der Waals surface area contributed by atoms with Crippen LogP contribution in [0, 0.1) is 6.92 Å². The van der Waals surface area contributed by atoms with Crippen molar-refractivity contribution in [2.45, 2.75) is 26.9 Å². The molecule has 2 rings (SSSR count). The zero-order valence-electron chi connectivity index (χ0n) is 9.60. The molecule has 4 heteroatoms. The van der Waals surface area contributed by atoms with Crippen molar-refractivity contribution in [3.63, 3.8) is 0 Å². The van der Waals surface area contributed by atoms with E-state index in [-0.39, 0.29) is 6.10 Å². The average molecular weight is 218 g/mol. The van der Waals surface area contributed by atoms with Crippen LogP contribution in [0.4, 0.5) is 0 Å². The summed E-state index contributed by atoms with van der Waals surface area (Å²) in [6.45, 7) is 6.01. The highest BCUT2D eigenvalue weighted by molar-refractivity contribution is 5.56. The SMILES string of the molecule is Cc1cc(-c2nnco2)ccc1OC(C)C. The third-order valence-electron chi connectivity index (χ3n) is 2.14. The Bertz CT molecular complexity index is 464. The van der Waals surface area contributed by atoms with E-state index < -0.39 is 0 Å². The first-order chi connectivity index (χ1) is 7.66. The lowest BCUT2D eigenvalue weighted by molar-refractivity contribution is 0.241. The summed E-state index contributed by atoms with van der Waals surface area (Å²) in [5, 5.41) is 7.51. The summed E-state index contributed by atoms with van der Waals surface area (Å²) >= 11 is 0. The molecule has 0 atom stereocenters. The summed E-state index contributed by atoms with van der Waals surface area (Å²) in [6, 6.07) is 5.82. The maximum atomic E-state index is 5.65. The van der Waals surface area contributed by atoms with E-state index in [0.29, 0.717) is 5.89 Å². The number of ether oxygens (including phenoxy) is 1. The van der Waals surface area contributed by atoms with E-state index in [9.17, 15) is 0 Å². The third kappa shape index (κ3) is 2.21. The van der Waals surface area contributed by atoms with Gasteiger partial charge in [0.15, 0.2) is 0 Å². The first kappa shape index (κ1) is 10.7. The first-order valence-corrected chi connectivity index (χ1v) is 5.20. The molecule has 1 aromatic heterocycles. The summed E-state index contributed by atoms with van der Waals surface area (Å²) in [6.07, 6.45) is 1.50. The molecular weight excluding hydrogens is 204 g/mol. The van der Waals surface area contributed by atoms with E-state index in [0.717, 1.165) is 16.9 Å². The zero-order chi connectivity index (χ0) is 11.5. The van der Waals surface area contributed by atoms with Gasteiger partial charge in [0.05, 0.1) is 6.10 Å². The summed E-state index contributed by atoms with van der Waals surface area (Å²) in [5.74, 6) is 1.41. The molecule has 0 saturated carbocycles. The molecule has 0 aliphatic carbocycles. The molecule has 2 aromatic rings. The van der Waals surface area contributed by atoms with Crippen LogP contribution in [0.1, 0.15) is 19.4 Å². The smallest absolute Gasteiger partial charge is 0.247 e. The van der Waals surface area contributed by atoms with Crippen LogP contribution in [0.5, 0.6) is 5.75 Å². The van der Waals surface area contributed by atoms with E-state index in [4.69, 9.17) is 9.15 Å². The van der Waals surface area contributed by atoms with Crippen molar-refractivity contribution in [3.8, 4) is 17.2 Å². The highest BCUT2D eigenvalue weighted by atomic mass is 16.5. The molecule has 0 amide bonds. The number of aromatic nitrogens is 2. The van der Waals surface area contributed by atoms with Crippen molar-refractivity contribution in [2.24, 2.45) is 0 Å². The van der Waals surface area contributed by atoms with E-state index in [1.807, 2.05) is 39.0 Å². The summed E-state index contributed by atoms with van der Waals surface area (Å²) in [5.41, 5.74) is 1.97. The van der Waals surface area contributed by atoms with Crippen molar-refractivity contribution in [1.82, 2.24) is 10.2 Å². The lowest BCUT2D eigenvalue weighted by atomic mass is 10.1. The fraction of sp³-hybridized carbons (Fsp3) is 0.333. The molecule has 16 heavy (non-hydrogen) atoms. The summed E-state index contributed by atoms with van der Waals surface area (Å²) < 4.78 is 10.8. The second-order valence-electron chi connectivity index (χ2n) is 3.89. The maximum Gasteiger partial charge on any atom is 0.247 e. The minimum absolute atomic E-state index is 0.174. The molecule has 0 bridgehead atoms. The number of rotatable bonds is 3. The number of hydrogen-bond donors (Lipinski definition) is 0. The van der Waals surface area contributed by atoms with Gasteiger partial charge in [0.2, 0.25) is 12.3 Å². The zero-order valence-corrected chi connectivity index (χ0v) is 9.60. The van der Waals surface area contributed by atoms with E-state index >= 15 is 0 Å². The topological polar surface area (TPSA) is 48.2 Å². The Hall–Kier alpha value is -1.84. The molecule has 0 N–H and O–H groups in total. The van der Waals surface area contributed by atoms with Crippen LogP contribution < -0.4 is 4.74 Å². The molecule has 0 fully saturated rings. The Morgan fingerprint density at radius 1 is 1.31 bits per heavy atom. The lowest BCUT2D eigenvalue weighted by Crippen LogP contribution is -2.06. The third-order valence-corrected chi connectivity index (χ3v) is 2.14. The van der Waals surface area contributed by atoms with Gasteiger partial charge in [0, 0.05) is 5.56 Å². The molecule has 84 valence electrons. The molecule has 0 saturated heterocycles. The maximum absolute atomic E-state index is 5.65. The molecule has 4 nitrogen and oxygen atoms in total. The van der Waals surface area contributed by atoms with Gasteiger partial charge < -0.3 is 9.15 Å². The Morgan fingerprint density at radius 2 is 2.12 bits per heavy atom. The Morgan fingerprint density at radius 3 is 2.69 bits per heavy atom. The fourth-order valence-electron chi connectivity index (χ4n) is 1.47. The number of nitrogens with zero attached hydrogens (tertiary/aromatic N) is 2. The predicted molar refractivity (Wildman–Crippen MR) is 60.2 cm³/mol. The molecule has 0 spiro atoms. The molecule has 0 aliphatic rings. The second-order valence-corrected chi connectivity index (χ2v) is 3.89. The van der Waals surface area contributed by atoms with Crippen molar-refractivity contribution in [2.75, 3.05) is 0 Å². The van der Waals surface area contributed by atoms with Crippen LogP contribution in [0.3, 0.4) is 0 Å². The van der Waals surface area contributed by atoms with Gasteiger partial charge in [-0.3, -0.25) is 0 Å². The van der Waals surface area contributed by atoms with E-state index in [1.165, 1.54) is 6.39 Å². The molecular formula is C12H14N2O2. The van der Waals surface area contributed by atoms with Crippen LogP contribution >= 0.6 is 0 Å². The second kappa shape index (κ2) is 4.35. The predicted octanol–water partition coefficient (Wildman–Crippen LogP) is 2.83. The minimum atomic E-state index is 0.174. The number of benzene rings is 1. The average Bonchev–Trinajstić information content (AvgIpc) is 2.73. The van der Waals surface area contributed by atoms with Crippen LogP contribution in [0.2, 0.25) is 0 Å². The Kier molecular flexibility index (Phi) is 2.90. The monoisotopic (exact) mass is 218 g/mol. The van der Waals surface area contributed by atoms with Crippen molar-refractivity contribution in [1.29, 1.82) is 0 Å². The molecule has 1 aromatic carbocycles. The normalized spacial score (nSPS) is 10.8. The van der Waals surface area contributed by atoms with Crippen molar-refractivity contribution >= 4 is 0 Å². The van der Waals surface area contributed by atoms with E-state index in [2.05, 4.69) is 10.2 Å². The van der Waals surface area contributed by atoms with Crippen LogP contribution in [-0.2, 0) is 0 Å². The van der Waals surface area contributed by atoms with E-state index in [1.54, 1.807) is 0 Å². The Labute approximate surface area is 94.3 Å². The quantitative estimate of drug-likeness (QED) is 0.794. The molecule has 0 unspecified atom stereocenters. The minimum Gasteiger partial charge on any atom is -0.491 e. The van der Waals surface area contributed by atoms with Gasteiger partial charge in [-0.05, 0) is 44.5 Å². The molecule has 0 radical (unpaired) electrons. The van der Waals surface area contributed by atoms with Gasteiger partial charge in [-0.2, -0.15) is 0 Å². The van der Waals surface area contributed by atoms with Crippen LogP contribution in [0.25, 0.3) is 11.5 Å². The summed E-state index contributed by atoms with van der Waals surface area (Å²) in [7, 11) is 0. The molecule has 1 heterocycles. The number of aryl methyl sites for hydroxylation is 1. The van der Waals surface area contributed by atoms with Gasteiger partial charge in [0.25, 0.3) is 0 Å². The Balaban J connectivity index is 2.29. The fourth-order valence-corrected chi connectivity index (χ4v) is 1.47. The van der Waals surface area contributed by atoms with Crippen LogP contribution in [0.15, 0.2) is 29.0 Å². The standard InChI is InChI=1S/C12H14N2O2/c1-8(2)16-11-5-4-10(6-9(11)3)12-14-13-7-15-12/h4-8H,1-3H3. The summed E-state index contributed by atoms with van der Waals surface area (Å²) in [4.78, 5) is 0. The lowest BCUT2D eigenvalue weighted by Gasteiger charge is -2.12. The molecule has 0 aliphatic heterocycles. The van der Waals surface area contributed by atoms with Gasteiger partial charge >= 0.3 is 0 Å². The highest BCUT2D eigenvalue weighted by Crippen LogP contribution is 2.25. The van der Waals surface area contributed by atoms with Gasteiger partial charge in [-0.15, -0.1) is 10.2 Å². The number of hydrogen-bond acceptors (Lipinski definition) is 4.